The highest BCUT2D eigenvalue weighted by atomic mass is 16.5. The van der Waals surface area contributed by atoms with Gasteiger partial charge < -0.3 is 4.74 Å². The molecule has 1 fully saturated rings. The van der Waals surface area contributed by atoms with E-state index in [1.165, 1.54) is 19.3 Å². The summed E-state index contributed by atoms with van der Waals surface area (Å²) < 4.78 is 4.93. The molecule has 0 atom stereocenters. The Kier molecular flexibility index (Phi) is 1.94. The molecular weight excluding hydrogens is 152 g/mol. The van der Waals surface area contributed by atoms with Crippen LogP contribution >= 0.6 is 0 Å². The third-order valence-corrected chi connectivity index (χ3v) is 2.39. The number of aromatic nitrogens is 2. The molecular formula is C9H12N2O. The average Bonchev–Trinajstić information content (AvgIpc) is 2.03. The summed E-state index contributed by atoms with van der Waals surface area (Å²) in [7, 11) is 1.60. The van der Waals surface area contributed by atoms with Gasteiger partial charge in [-0.3, -0.25) is 0 Å². The Morgan fingerprint density at radius 1 is 1.33 bits per heavy atom. The maximum atomic E-state index is 4.93. The van der Waals surface area contributed by atoms with E-state index in [1.54, 1.807) is 7.11 Å². The second-order valence-corrected chi connectivity index (χ2v) is 3.13. The van der Waals surface area contributed by atoms with Gasteiger partial charge in [0.25, 0.3) is 0 Å². The van der Waals surface area contributed by atoms with Crippen LogP contribution in [0.3, 0.4) is 0 Å². The Morgan fingerprint density at radius 3 is 2.58 bits per heavy atom. The Hall–Kier alpha value is -1.12. The van der Waals surface area contributed by atoms with Crippen LogP contribution in [-0.4, -0.2) is 17.3 Å². The molecule has 3 heteroatoms. The number of ether oxygens (including phenoxy) is 1. The fraction of sp³-hybridized carbons (Fsp3) is 0.556. The van der Waals surface area contributed by atoms with Crippen molar-refractivity contribution in [3.05, 3.63) is 17.8 Å². The van der Waals surface area contributed by atoms with Crippen molar-refractivity contribution < 1.29 is 4.74 Å². The second kappa shape index (κ2) is 3.09. The molecule has 0 aliphatic heterocycles. The Labute approximate surface area is 71.8 Å². The zero-order valence-corrected chi connectivity index (χ0v) is 7.16. The molecule has 1 heterocycles. The lowest BCUT2D eigenvalue weighted by atomic mass is 9.83. The van der Waals surface area contributed by atoms with Gasteiger partial charge in [0.15, 0.2) is 0 Å². The van der Waals surface area contributed by atoms with Gasteiger partial charge in [-0.1, -0.05) is 6.42 Å². The lowest BCUT2D eigenvalue weighted by Gasteiger charge is -2.23. The summed E-state index contributed by atoms with van der Waals surface area (Å²) in [5.74, 6) is 1.25. The first-order valence-electron chi connectivity index (χ1n) is 4.28. The minimum absolute atomic E-state index is 0.595. The Balaban J connectivity index is 2.13. The van der Waals surface area contributed by atoms with Crippen LogP contribution in [-0.2, 0) is 0 Å². The molecule has 0 saturated heterocycles. The van der Waals surface area contributed by atoms with Crippen LogP contribution in [0.2, 0.25) is 0 Å². The van der Waals surface area contributed by atoms with Gasteiger partial charge in [0.1, 0.15) is 0 Å². The smallest absolute Gasteiger partial charge is 0.233 e. The van der Waals surface area contributed by atoms with E-state index in [9.17, 15) is 0 Å². The van der Waals surface area contributed by atoms with E-state index in [0.717, 1.165) is 5.69 Å². The van der Waals surface area contributed by atoms with Gasteiger partial charge in [0.05, 0.1) is 12.8 Å². The summed E-state index contributed by atoms with van der Waals surface area (Å²) in [5, 5.41) is 8.02. The number of methoxy groups -OCH3 is 1. The highest BCUT2D eigenvalue weighted by Crippen LogP contribution is 2.34. The van der Waals surface area contributed by atoms with Crippen LogP contribution in [0.15, 0.2) is 12.1 Å². The van der Waals surface area contributed by atoms with Crippen molar-refractivity contribution >= 4 is 0 Å². The van der Waals surface area contributed by atoms with Crippen LogP contribution in [0.25, 0.3) is 0 Å². The summed E-state index contributed by atoms with van der Waals surface area (Å²) in [6.07, 6.45) is 3.86. The monoisotopic (exact) mass is 164 g/mol. The fourth-order valence-corrected chi connectivity index (χ4v) is 1.36. The first kappa shape index (κ1) is 7.53. The molecule has 1 aliphatic rings. The molecule has 1 saturated carbocycles. The molecule has 2 rings (SSSR count). The van der Waals surface area contributed by atoms with Gasteiger partial charge in [0.2, 0.25) is 5.88 Å². The van der Waals surface area contributed by atoms with Gasteiger partial charge in [-0.15, -0.1) is 5.10 Å². The van der Waals surface area contributed by atoms with Crippen LogP contribution in [0.5, 0.6) is 5.88 Å². The largest absolute Gasteiger partial charge is 0.480 e. The summed E-state index contributed by atoms with van der Waals surface area (Å²) in [6.45, 7) is 0. The Bertz CT molecular complexity index is 254. The van der Waals surface area contributed by atoms with E-state index < -0.39 is 0 Å². The third kappa shape index (κ3) is 1.26. The van der Waals surface area contributed by atoms with Crippen molar-refractivity contribution in [2.45, 2.75) is 25.2 Å². The summed E-state index contributed by atoms with van der Waals surface area (Å²) in [6, 6.07) is 3.89. The minimum Gasteiger partial charge on any atom is -0.480 e. The maximum Gasteiger partial charge on any atom is 0.233 e. The van der Waals surface area contributed by atoms with Crippen molar-refractivity contribution in [1.82, 2.24) is 10.2 Å². The quantitative estimate of drug-likeness (QED) is 0.668. The van der Waals surface area contributed by atoms with Crippen LogP contribution < -0.4 is 4.74 Å². The highest BCUT2D eigenvalue weighted by molar-refractivity contribution is 5.15. The van der Waals surface area contributed by atoms with E-state index >= 15 is 0 Å². The maximum absolute atomic E-state index is 4.93. The number of rotatable bonds is 2. The molecule has 0 N–H and O–H groups in total. The average molecular weight is 164 g/mol. The predicted octanol–water partition coefficient (Wildman–Crippen LogP) is 1.75. The SMILES string of the molecule is COc1ccc(C2CCC2)nn1. The van der Waals surface area contributed by atoms with E-state index in [4.69, 9.17) is 4.74 Å². The van der Waals surface area contributed by atoms with Crippen molar-refractivity contribution in [3.63, 3.8) is 0 Å². The minimum atomic E-state index is 0.595. The molecule has 0 radical (unpaired) electrons. The lowest BCUT2D eigenvalue weighted by Crippen LogP contribution is -2.11. The van der Waals surface area contributed by atoms with E-state index in [2.05, 4.69) is 10.2 Å². The van der Waals surface area contributed by atoms with E-state index in [1.807, 2.05) is 12.1 Å². The van der Waals surface area contributed by atoms with Crippen molar-refractivity contribution in [3.8, 4) is 5.88 Å². The molecule has 0 unspecified atom stereocenters. The molecule has 0 spiro atoms. The van der Waals surface area contributed by atoms with Crippen molar-refractivity contribution in [1.29, 1.82) is 0 Å². The van der Waals surface area contributed by atoms with E-state index in [0.29, 0.717) is 11.8 Å². The van der Waals surface area contributed by atoms with Gasteiger partial charge in [-0.05, 0) is 18.9 Å². The first-order chi connectivity index (χ1) is 5.90. The van der Waals surface area contributed by atoms with Gasteiger partial charge in [-0.2, -0.15) is 5.10 Å². The summed E-state index contributed by atoms with van der Waals surface area (Å²) in [5.41, 5.74) is 1.11. The van der Waals surface area contributed by atoms with Crippen molar-refractivity contribution in [2.24, 2.45) is 0 Å². The molecule has 1 aromatic heterocycles. The van der Waals surface area contributed by atoms with Gasteiger partial charge in [-0.25, -0.2) is 0 Å². The number of hydrogen-bond acceptors (Lipinski definition) is 3. The molecule has 12 heavy (non-hydrogen) atoms. The van der Waals surface area contributed by atoms with Crippen LogP contribution in [0.1, 0.15) is 30.9 Å². The lowest BCUT2D eigenvalue weighted by molar-refractivity contribution is 0.380. The molecule has 64 valence electrons. The van der Waals surface area contributed by atoms with Gasteiger partial charge >= 0.3 is 0 Å². The van der Waals surface area contributed by atoms with E-state index in [-0.39, 0.29) is 0 Å². The van der Waals surface area contributed by atoms with Crippen LogP contribution in [0.4, 0.5) is 0 Å². The molecule has 1 aliphatic carbocycles. The summed E-state index contributed by atoms with van der Waals surface area (Å²) in [4.78, 5) is 0. The first-order valence-corrected chi connectivity index (χ1v) is 4.28. The van der Waals surface area contributed by atoms with Crippen molar-refractivity contribution in [2.75, 3.05) is 7.11 Å². The standard InChI is InChI=1S/C9H12N2O/c1-12-9-6-5-8(10-11-9)7-3-2-4-7/h5-7H,2-4H2,1H3. The molecule has 0 aromatic carbocycles. The second-order valence-electron chi connectivity index (χ2n) is 3.13. The van der Waals surface area contributed by atoms with Gasteiger partial charge in [0, 0.05) is 12.0 Å². The highest BCUT2D eigenvalue weighted by Gasteiger charge is 2.20. The normalized spacial score (nSPS) is 17.1. The summed E-state index contributed by atoms with van der Waals surface area (Å²) >= 11 is 0. The molecule has 1 aromatic rings. The fourth-order valence-electron chi connectivity index (χ4n) is 1.36. The Morgan fingerprint density at radius 2 is 2.17 bits per heavy atom. The molecule has 0 bridgehead atoms. The molecule has 3 nitrogen and oxygen atoms in total. The van der Waals surface area contributed by atoms with Crippen LogP contribution in [0, 0.1) is 0 Å². The topological polar surface area (TPSA) is 35.0 Å². The zero-order chi connectivity index (χ0) is 8.39. The predicted molar refractivity (Wildman–Crippen MR) is 45.2 cm³/mol. The zero-order valence-electron chi connectivity index (χ0n) is 7.16. The molecule has 0 amide bonds. The number of hydrogen-bond donors (Lipinski definition) is 0. The third-order valence-electron chi connectivity index (χ3n) is 2.39. The number of nitrogens with zero attached hydrogens (tertiary/aromatic N) is 2.